The zero-order valence-corrected chi connectivity index (χ0v) is 11.3. The van der Waals surface area contributed by atoms with Gasteiger partial charge in [0, 0.05) is 16.6 Å². The first-order chi connectivity index (χ1) is 7.70. The van der Waals surface area contributed by atoms with Crippen molar-refractivity contribution in [2.24, 2.45) is 0 Å². The summed E-state index contributed by atoms with van der Waals surface area (Å²) >= 11 is 3.16. The number of benzene rings is 1. The van der Waals surface area contributed by atoms with Crippen molar-refractivity contribution < 1.29 is 14.5 Å². The summed E-state index contributed by atoms with van der Waals surface area (Å²) in [4.78, 5) is 21.8. The highest BCUT2D eigenvalue weighted by atomic mass is 79.9. The van der Waals surface area contributed by atoms with Crippen molar-refractivity contribution in [2.75, 3.05) is 0 Å². The minimum atomic E-state index is -0.638. The van der Waals surface area contributed by atoms with Crippen LogP contribution in [-0.2, 0) is 4.74 Å². The smallest absolute Gasteiger partial charge is 0.340 e. The Kier molecular flexibility index (Phi) is 3.87. The van der Waals surface area contributed by atoms with Crippen LogP contribution in [0.2, 0.25) is 0 Å². The molecule has 0 amide bonds. The normalized spacial score (nSPS) is 11.1. The number of carbonyl (C=O) groups excluding carboxylic acids is 1. The molecule has 0 saturated heterocycles. The number of halogens is 1. The van der Waals surface area contributed by atoms with Crippen LogP contribution in [-0.4, -0.2) is 16.5 Å². The lowest BCUT2D eigenvalue weighted by atomic mass is 10.1. The van der Waals surface area contributed by atoms with Crippen LogP contribution in [0.25, 0.3) is 0 Å². The van der Waals surface area contributed by atoms with Crippen LogP contribution in [0.1, 0.15) is 31.1 Å². The Morgan fingerprint density at radius 2 is 2.00 bits per heavy atom. The number of ether oxygens (including phenoxy) is 1. The summed E-state index contributed by atoms with van der Waals surface area (Å²) in [6.45, 7) is 5.20. The van der Waals surface area contributed by atoms with Gasteiger partial charge in [0.15, 0.2) is 0 Å². The van der Waals surface area contributed by atoms with Gasteiger partial charge in [0.1, 0.15) is 5.60 Å². The second kappa shape index (κ2) is 4.83. The van der Waals surface area contributed by atoms with Crippen molar-refractivity contribution in [1.82, 2.24) is 0 Å². The summed E-state index contributed by atoms with van der Waals surface area (Å²) in [7, 11) is 0. The first-order valence-corrected chi connectivity index (χ1v) is 5.67. The maximum Gasteiger partial charge on any atom is 0.340 e. The minimum absolute atomic E-state index is 0.144. The van der Waals surface area contributed by atoms with E-state index in [2.05, 4.69) is 15.9 Å². The second-order valence-corrected chi connectivity index (χ2v) is 5.28. The number of carbonyl (C=O) groups is 1. The number of hydrogen-bond acceptors (Lipinski definition) is 4. The average Bonchev–Trinajstić information content (AvgIpc) is 2.14. The quantitative estimate of drug-likeness (QED) is 0.477. The van der Waals surface area contributed by atoms with Gasteiger partial charge in [0.05, 0.1) is 10.5 Å². The molecule has 0 saturated carbocycles. The van der Waals surface area contributed by atoms with E-state index in [0.717, 1.165) is 0 Å². The van der Waals surface area contributed by atoms with Gasteiger partial charge >= 0.3 is 5.97 Å². The predicted molar refractivity (Wildman–Crippen MR) is 66.0 cm³/mol. The molecule has 0 heterocycles. The van der Waals surface area contributed by atoms with E-state index in [1.165, 1.54) is 18.2 Å². The molecule has 0 radical (unpaired) electrons. The Morgan fingerprint density at radius 3 is 2.47 bits per heavy atom. The number of non-ortho nitro benzene ring substituents is 1. The molecule has 0 N–H and O–H groups in total. The van der Waals surface area contributed by atoms with Crippen LogP contribution in [0.5, 0.6) is 0 Å². The van der Waals surface area contributed by atoms with E-state index in [1.54, 1.807) is 20.8 Å². The van der Waals surface area contributed by atoms with Gasteiger partial charge in [-0.2, -0.15) is 0 Å². The Morgan fingerprint density at radius 1 is 1.41 bits per heavy atom. The molecule has 0 bridgehead atoms. The molecule has 5 nitrogen and oxygen atoms in total. The second-order valence-electron chi connectivity index (χ2n) is 4.42. The van der Waals surface area contributed by atoms with E-state index in [1.807, 2.05) is 0 Å². The topological polar surface area (TPSA) is 69.4 Å². The Bertz CT molecular complexity index is 465. The standard InChI is InChI=1S/C11H12BrNO4/c1-11(2,3)17-10(14)8-6-7(13(15)16)4-5-9(8)12/h4-6H,1-3H3. The average molecular weight is 302 g/mol. The Labute approximate surface area is 107 Å². The molecule has 0 atom stereocenters. The Balaban J connectivity index is 3.08. The molecule has 0 aliphatic heterocycles. The van der Waals surface area contributed by atoms with E-state index in [0.29, 0.717) is 4.47 Å². The highest BCUT2D eigenvalue weighted by molar-refractivity contribution is 9.10. The summed E-state index contributed by atoms with van der Waals surface area (Å²) in [5, 5.41) is 10.6. The van der Waals surface area contributed by atoms with Crippen LogP contribution < -0.4 is 0 Å². The lowest BCUT2D eigenvalue weighted by molar-refractivity contribution is -0.384. The lowest BCUT2D eigenvalue weighted by Gasteiger charge is -2.19. The SMILES string of the molecule is CC(C)(C)OC(=O)c1cc([N+](=O)[O-])ccc1Br. The third-order valence-corrected chi connectivity index (χ3v) is 2.47. The number of rotatable bonds is 2. The van der Waals surface area contributed by atoms with Crippen molar-refractivity contribution in [3.8, 4) is 0 Å². The number of hydrogen-bond donors (Lipinski definition) is 0. The first kappa shape index (κ1) is 13.6. The van der Waals surface area contributed by atoms with Gasteiger partial charge in [-0.3, -0.25) is 10.1 Å². The molecule has 0 aliphatic rings. The molecule has 0 fully saturated rings. The summed E-state index contributed by atoms with van der Waals surface area (Å²) in [6, 6.07) is 3.97. The van der Waals surface area contributed by atoms with E-state index >= 15 is 0 Å². The molecule has 1 aromatic carbocycles. The fourth-order valence-corrected chi connectivity index (χ4v) is 1.52. The maximum absolute atomic E-state index is 11.8. The van der Waals surface area contributed by atoms with Gasteiger partial charge in [-0.25, -0.2) is 4.79 Å². The molecule has 17 heavy (non-hydrogen) atoms. The van der Waals surface area contributed by atoms with Crippen LogP contribution in [0, 0.1) is 10.1 Å². The maximum atomic E-state index is 11.8. The zero-order chi connectivity index (χ0) is 13.2. The van der Waals surface area contributed by atoms with E-state index in [9.17, 15) is 14.9 Å². The number of nitro benzene ring substituents is 1. The predicted octanol–water partition coefficient (Wildman–Crippen LogP) is 3.31. The molecular formula is C11H12BrNO4. The molecule has 0 aromatic heterocycles. The van der Waals surface area contributed by atoms with E-state index in [-0.39, 0.29) is 11.3 Å². The molecule has 0 unspecified atom stereocenters. The fourth-order valence-electron chi connectivity index (χ4n) is 1.12. The Hall–Kier alpha value is -1.43. The van der Waals surface area contributed by atoms with Crippen LogP contribution >= 0.6 is 15.9 Å². The first-order valence-electron chi connectivity index (χ1n) is 4.88. The van der Waals surface area contributed by atoms with Crippen LogP contribution in [0.15, 0.2) is 22.7 Å². The zero-order valence-electron chi connectivity index (χ0n) is 9.69. The van der Waals surface area contributed by atoms with Gasteiger partial charge in [0.25, 0.3) is 5.69 Å². The highest BCUT2D eigenvalue weighted by Crippen LogP contribution is 2.24. The van der Waals surface area contributed by atoms with Gasteiger partial charge in [-0.1, -0.05) is 0 Å². The van der Waals surface area contributed by atoms with Gasteiger partial charge < -0.3 is 4.74 Å². The number of nitrogens with zero attached hydrogens (tertiary/aromatic N) is 1. The van der Waals surface area contributed by atoms with Crippen LogP contribution in [0.4, 0.5) is 5.69 Å². The van der Waals surface area contributed by atoms with Gasteiger partial charge in [-0.05, 0) is 42.8 Å². The molecule has 1 rings (SSSR count). The monoisotopic (exact) mass is 301 g/mol. The number of nitro groups is 1. The highest BCUT2D eigenvalue weighted by Gasteiger charge is 2.21. The molecule has 92 valence electrons. The van der Waals surface area contributed by atoms with Crippen LogP contribution in [0.3, 0.4) is 0 Å². The molecule has 6 heteroatoms. The summed E-state index contributed by atoms with van der Waals surface area (Å²) < 4.78 is 5.62. The van der Waals surface area contributed by atoms with E-state index < -0.39 is 16.5 Å². The summed E-state index contributed by atoms with van der Waals surface area (Å²) in [5.41, 5.74) is -0.635. The van der Waals surface area contributed by atoms with Crippen molar-refractivity contribution >= 4 is 27.6 Å². The third kappa shape index (κ3) is 3.81. The number of esters is 1. The van der Waals surface area contributed by atoms with Crippen molar-refractivity contribution in [3.63, 3.8) is 0 Å². The third-order valence-electron chi connectivity index (χ3n) is 1.78. The van der Waals surface area contributed by atoms with Crippen molar-refractivity contribution in [1.29, 1.82) is 0 Å². The molecule has 0 spiro atoms. The molecule has 1 aromatic rings. The summed E-state index contributed by atoms with van der Waals surface area (Å²) in [5.74, 6) is -0.590. The summed E-state index contributed by atoms with van der Waals surface area (Å²) in [6.07, 6.45) is 0. The fraction of sp³-hybridized carbons (Fsp3) is 0.364. The molecular weight excluding hydrogens is 290 g/mol. The van der Waals surface area contributed by atoms with Gasteiger partial charge in [0.2, 0.25) is 0 Å². The van der Waals surface area contributed by atoms with E-state index in [4.69, 9.17) is 4.74 Å². The van der Waals surface area contributed by atoms with Crippen molar-refractivity contribution in [3.05, 3.63) is 38.3 Å². The minimum Gasteiger partial charge on any atom is -0.456 e. The van der Waals surface area contributed by atoms with Crippen molar-refractivity contribution in [2.45, 2.75) is 26.4 Å². The molecule has 0 aliphatic carbocycles. The lowest BCUT2D eigenvalue weighted by Crippen LogP contribution is -2.24. The van der Waals surface area contributed by atoms with Gasteiger partial charge in [-0.15, -0.1) is 0 Å². The largest absolute Gasteiger partial charge is 0.456 e.